The van der Waals surface area contributed by atoms with Gasteiger partial charge in [-0.2, -0.15) is 0 Å². The molecule has 0 aromatic heterocycles. The minimum Gasteiger partial charge on any atom is -0.466 e. The molecule has 1 amide bonds. The van der Waals surface area contributed by atoms with Crippen LogP contribution in [0, 0.1) is 0 Å². The van der Waals surface area contributed by atoms with E-state index < -0.39 is 12.1 Å². The van der Waals surface area contributed by atoms with E-state index in [9.17, 15) is 19.8 Å². The van der Waals surface area contributed by atoms with E-state index in [1.165, 1.54) is 244 Å². The molecule has 0 fully saturated rings. The lowest BCUT2D eigenvalue weighted by molar-refractivity contribution is -0.143. The van der Waals surface area contributed by atoms with E-state index in [2.05, 4.69) is 31.3 Å². The fourth-order valence-electron chi connectivity index (χ4n) is 8.98. The molecular weight excluding hydrogens is 803 g/mol. The fourth-order valence-corrected chi connectivity index (χ4v) is 8.98. The molecule has 2 unspecified atom stereocenters. The number of unbranched alkanes of at least 4 members (excludes halogenated alkanes) is 41. The molecule has 0 spiro atoms. The Morgan fingerprint density at radius 2 is 0.723 bits per heavy atom. The summed E-state index contributed by atoms with van der Waals surface area (Å²) < 4.78 is 5.48. The highest BCUT2D eigenvalue weighted by Gasteiger charge is 2.18. The third-order valence-electron chi connectivity index (χ3n) is 13.5. The normalized spacial score (nSPS) is 12.7. The minimum atomic E-state index is -0.848. The second kappa shape index (κ2) is 54.9. The number of carbonyl (C=O) groups excluding carboxylic acids is 2. The highest BCUT2D eigenvalue weighted by molar-refractivity contribution is 5.76. The maximum absolute atomic E-state index is 12.4. The van der Waals surface area contributed by atoms with Gasteiger partial charge in [-0.3, -0.25) is 9.59 Å². The Hall–Kier alpha value is -1.66. The van der Waals surface area contributed by atoms with Gasteiger partial charge in [0.05, 0.1) is 25.4 Å². The van der Waals surface area contributed by atoms with Gasteiger partial charge in [-0.15, -0.1) is 0 Å². The van der Waals surface area contributed by atoms with Crippen molar-refractivity contribution in [3.05, 3.63) is 24.3 Å². The first-order valence-electron chi connectivity index (χ1n) is 29.1. The molecule has 384 valence electrons. The van der Waals surface area contributed by atoms with Crippen LogP contribution in [0.2, 0.25) is 0 Å². The van der Waals surface area contributed by atoms with Crippen LogP contribution in [0.3, 0.4) is 0 Å². The number of allylic oxidation sites excluding steroid dienone is 3. The second-order valence-electron chi connectivity index (χ2n) is 20.0. The molecule has 0 radical (unpaired) electrons. The molecule has 0 aromatic rings. The zero-order valence-electron chi connectivity index (χ0n) is 43.7. The van der Waals surface area contributed by atoms with Gasteiger partial charge in [0.25, 0.3) is 0 Å². The smallest absolute Gasteiger partial charge is 0.305 e. The molecule has 6 heteroatoms. The van der Waals surface area contributed by atoms with Gasteiger partial charge in [0, 0.05) is 12.8 Å². The quantitative estimate of drug-likeness (QED) is 0.0321. The number of aliphatic hydroxyl groups excluding tert-OH is 2. The summed E-state index contributed by atoms with van der Waals surface area (Å²) in [5.41, 5.74) is 0. The van der Waals surface area contributed by atoms with Crippen LogP contribution in [0.25, 0.3) is 0 Å². The van der Waals surface area contributed by atoms with Gasteiger partial charge in [-0.1, -0.05) is 269 Å². The lowest BCUT2D eigenvalue weighted by Gasteiger charge is -2.20. The Bertz CT molecular complexity index is 1010. The summed E-state index contributed by atoms with van der Waals surface area (Å²) in [5, 5.41) is 23.0. The van der Waals surface area contributed by atoms with Crippen molar-refractivity contribution >= 4 is 11.9 Å². The molecule has 0 bridgehead atoms. The number of ether oxygens (including phenoxy) is 1. The summed E-state index contributed by atoms with van der Waals surface area (Å²) in [6.45, 7) is 4.90. The largest absolute Gasteiger partial charge is 0.466 e. The maximum atomic E-state index is 12.4. The Morgan fingerprint density at radius 3 is 1.09 bits per heavy atom. The Morgan fingerprint density at radius 1 is 0.415 bits per heavy atom. The molecule has 6 nitrogen and oxygen atoms in total. The van der Waals surface area contributed by atoms with Gasteiger partial charge < -0.3 is 20.3 Å². The molecule has 0 aliphatic rings. The number of hydrogen-bond acceptors (Lipinski definition) is 5. The third-order valence-corrected chi connectivity index (χ3v) is 13.5. The third kappa shape index (κ3) is 51.6. The maximum Gasteiger partial charge on any atom is 0.305 e. The van der Waals surface area contributed by atoms with Crippen LogP contribution in [-0.4, -0.2) is 47.4 Å². The number of hydrogen-bond donors (Lipinski definition) is 3. The molecule has 2 atom stereocenters. The summed E-state index contributed by atoms with van der Waals surface area (Å²) in [7, 11) is 0. The van der Waals surface area contributed by atoms with E-state index in [0.717, 1.165) is 44.9 Å². The lowest BCUT2D eigenvalue weighted by Crippen LogP contribution is -2.45. The topological polar surface area (TPSA) is 95.9 Å². The van der Waals surface area contributed by atoms with Crippen LogP contribution in [-0.2, 0) is 14.3 Å². The van der Waals surface area contributed by atoms with Crippen LogP contribution < -0.4 is 5.32 Å². The Kier molecular flexibility index (Phi) is 53.5. The predicted molar refractivity (Wildman–Crippen MR) is 283 cm³/mol. The van der Waals surface area contributed by atoms with Crippen LogP contribution in [0.15, 0.2) is 24.3 Å². The molecule has 3 N–H and O–H groups in total. The van der Waals surface area contributed by atoms with Gasteiger partial charge in [0.2, 0.25) is 5.91 Å². The number of rotatable bonds is 54. The van der Waals surface area contributed by atoms with Gasteiger partial charge in [0.1, 0.15) is 0 Å². The summed E-state index contributed by atoms with van der Waals surface area (Å²) in [5.74, 6) is -0.0678. The van der Waals surface area contributed by atoms with Crippen molar-refractivity contribution in [2.45, 2.75) is 328 Å². The number of esters is 1. The molecule has 0 saturated carbocycles. The van der Waals surface area contributed by atoms with Crippen molar-refractivity contribution in [1.82, 2.24) is 5.32 Å². The lowest BCUT2D eigenvalue weighted by atomic mass is 10.0. The summed E-state index contributed by atoms with van der Waals surface area (Å²) in [6.07, 6.45) is 66.3. The van der Waals surface area contributed by atoms with Crippen molar-refractivity contribution < 1.29 is 24.5 Å². The molecule has 0 aliphatic heterocycles. The highest BCUT2D eigenvalue weighted by Crippen LogP contribution is 2.17. The van der Waals surface area contributed by atoms with E-state index in [1.54, 1.807) is 6.08 Å². The fraction of sp³-hybridized carbons (Fsp3) is 0.898. The Labute approximate surface area is 405 Å². The van der Waals surface area contributed by atoms with Gasteiger partial charge in [0.15, 0.2) is 0 Å². The molecular formula is C59H113NO5. The van der Waals surface area contributed by atoms with E-state index in [-0.39, 0.29) is 18.5 Å². The number of nitrogens with one attached hydrogen (secondary N) is 1. The average molecular weight is 917 g/mol. The van der Waals surface area contributed by atoms with Crippen LogP contribution >= 0.6 is 0 Å². The average Bonchev–Trinajstić information content (AvgIpc) is 3.31. The first-order chi connectivity index (χ1) is 32.0. The SMILES string of the molecule is CCCCCCCCCCCC/C=C/C(O)C(CO)NC(=O)CCCCCCCCC/C=C\CCCCCCCCCCCOC(=O)CCCCCCCCCCCCCCCCCC. The zero-order chi connectivity index (χ0) is 47.2. The van der Waals surface area contributed by atoms with Gasteiger partial charge in [-0.25, -0.2) is 0 Å². The van der Waals surface area contributed by atoms with Crippen molar-refractivity contribution in [3.8, 4) is 0 Å². The molecule has 0 aromatic carbocycles. The number of amides is 1. The van der Waals surface area contributed by atoms with Crippen molar-refractivity contribution in [3.63, 3.8) is 0 Å². The van der Waals surface area contributed by atoms with Crippen LogP contribution in [0.5, 0.6) is 0 Å². The monoisotopic (exact) mass is 916 g/mol. The molecule has 65 heavy (non-hydrogen) atoms. The first-order valence-corrected chi connectivity index (χ1v) is 29.1. The molecule has 0 saturated heterocycles. The zero-order valence-corrected chi connectivity index (χ0v) is 43.7. The van der Waals surface area contributed by atoms with E-state index in [0.29, 0.717) is 19.4 Å². The van der Waals surface area contributed by atoms with Crippen molar-refractivity contribution in [2.75, 3.05) is 13.2 Å². The predicted octanol–water partition coefficient (Wildman–Crippen LogP) is 17.9. The van der Waals surface area contributed by atoms with Crippen LogP contribution in [0.1, 0.15) is 316 Å². The summed E-state index contributed by atoms with van der Waals surface area (Å²) in [4.78, 5) is 24.5. The first kappa shape index (κ1) is 63.3. The van der Waals surface area contributed by atoms with Crippen molar-refractivity contribution in [2.24, 2.45) is 0 Å². The number of carbonyl (C=O) groups is 2. The molecule has 0 aliphatic carbocycles. The number of aliphatic hydroxyl groups is 2. The van der Waals surface area contributed by atoms with E-state index in [4.69, 9.17) is 4.74 Å². The van der Waals surface area contributed by atoms with E-state index in [1.807, 2.05) is 6.08 Å². The highest BCUT2D eigenvalue weighted by atomic mass is 16.5. The van der Waals surface area contributed by atoms with Crippen LogP contribution in [0.4, 0.5) is 0 Å². The standard InChI is InChI=1S/C59H113NO5/c1-3-5-7-9-11-13-15-17-18-26-29-33-37-41-45-49-53-59(64)65-54-50-46-42-38-34-30-27-24-22-20-19-21-23-25-28-32-36-40-44-48-52-58(63)60-56(55-61)57(62)51-47-43-39-35-31-16-14-12-10-8-6-4-2/h19,21,47,51,56-57,61-62H,3-18,20,22-46,48-50,52-55H2,1-2H3,(H,60,63)/b21-19-,51-47+. The minimum absolute atomic E-state index is 0.00897. The summed E-state index contributed by atoms with van der Waals surface area (Å²) in [6, 6.07) is -0.633. The van der Waals surface area contributed by atoms with E-state index >= 15 is 0 Å². The Balaban J connectivity index is 3.42. The van der Waals surface area contributed by atoms with Crippen molar-refractivity contribution in [1.29, 1.82) is 0 Å². The molecule has 0 rings (SSSR count). The summed E-state index contributed by atoms with van der Waals surface area (Å²) >= 11 is 0. The second-order valence-corrected chi connectivity index (χ2v) is 20.0. The van der Waals surface area contributed by atoms with Gasteiger partial charge in [-0.05, 0) is 57.8 Å². The van der Waals surface area contributed by atoms with Gasteiger partial charge >= 0.3 is 5.97 Å². The molecule has 0 heterocycles.